The van der Waals surface area contributed by atoms with Crippen molar-refractivity contribution in [1.29, 1.82) is 0 Å². The highest BCUT2D eigenvalue weighted by Gasteiger charge is 2.21. The smallest absolute Gasteiger partial charge is 0.265 e. The highest BCUT2D eigenvalue weighted by molar-refractivity contribution is 7.99. The minimum Gasteiger partial charge on any atom is -0.323 e. The van der Waals surface area contributed by atoms with Crippen molar-refractivity contribution in [3.05, 3.63) is 42.5 Å². The van der Waals surface area contributed by atoms with Gasteiger partial charge in [-0.05, 0) is 18.2 Å². The van der Waals surface area contributed by atoms with Crippen LogP contribution in [0.4, 0.5) is 0 Å². The molecule has 3 aromatic rings. The average molecular weight is 234 g/mol. The van der Waals surface area contributed by atoms with Gasteiger partial charge in [0, 0.05) is 20.7 Å². The van der Waals surface area contributed by atoms with Crippen molar-refractivity contribution in [3.8, 4) is 11.3 Å². The molecule has 0 N–H and O–H groups in total. The topological polar surface area (TPSA) is 17.8 Å². The Labute approximate surface area is 104 Å². The first-order valence-electron chi connectivity index (χ1n) is 5.39. The second kappa shape index (κ2) is 3.17. The lowest BCUT2D eigenvalue weighted by Gasteiger charge is -2.14. The largest absolute Gasteiger partial charge is 0.323 e. The molecule has 4 heteroatoms. The molecular formula is C13H7BN2S. The van der Waals surface area contributed by atoms with Gasteiger partial charge in [0.1, 0.15) is 5.69 Å². The van der Waals surface area contributed by atoms with Gasteiger partial charge in [-0.1, -0.05) is 36.0 Å². The van der Waals surface area contributed by atoms with E-state index in [2.05, 4.69) is 29.4 Å². The standard InChI is InChI=1S/C13H7BN2S/c14-16-9-5-3-7-11-12(9)13(15-16)8-4-1-2-6-10(8)17-11/h1-7H. The number of rotatable bonds is 0. The third kappa shape index (κ3) is 1.16. The molecule has 2 heterocycles. The molecule has 0 bridgehead atoms. The van der Waals surface area contributed by atoms with E-state index in [1.807, 2.05) is 18.2 Å². The van der Waals surface area contributed by atoms with Crippen molar-refractivity contribution in [3.63, 3.8) is 0 Å². The van der Waals surface area contributed by atoms with Gasteiger partial charge in [-0.2, -0.15) is 5.10 Å². The number of fused-ring (bicyclic) bond motifs is 2. The van der Waals surface area contributed by atoms with Gasteiger partial charge < -0.3 is 4.59 Å². The molecule has 17 heavy (non-hydrogen) atoms. The molecule has 0 atom stereocenters. The molecule has 1 aromatic heterocycles. The summed E-state index contributed by atoms with van der Waals surface area (Å²) in [7, 11) is 5.90. The lowest BCUT2D eigenvalue weighted by molar-refractivity contribution is 1.02. The quantitative estimate of drug-likeness (QED) is 0.435. The van der Waals surface area contributed by atoms with Crippen LogP contribution in [-0.4, -0.2) is 17.7 Å². The highest BCUT2D eigenvalue weighted by Crippen LogP contribution is 2.46. The fraction of sp³-hybridized carbons (Fsp3) is 0. The van der Waals surface area contributed by atoms with Gasteiger partial charge in [0.05, 0.1) is 5.52 Å². The van der Waals surface area contributed by atoms with Crippen LogP contribution >= 0.6 is 11.8 Å². The maximum atomic E-state index is 5.90. The van der Waals surface area contributed by atoms with Crippen molar-refractivity contribution in [2.75, 3.05) is 0 Å². The number of benzene rings is 2. The average Bonchev–Trinajstić information content (AvgIpc) is 2.70. The van der Waals surface area contributed by atoms with E-state index in [-0.39, 0.29) is 0 Å². The van der Waals surface area contributed by atoms with Crippen molar-refractivity contribution in [2.45, 2.75) is 9.79 Å². The minimum atomic E-state index is 0.986. The molecule has 2 aromatic carbocycles. The fourth-order valence-corrected chi connectivity index (χ4v) is 3.41. The summed E-state index contributed by atoms with van der Waals surface area (Å²) < 4.78 is 1.47. The van der Waals surface area contributed by atoms with Gasteiger partial charge in [-0.25, -0.2) is 0 Å². The van der Waals surface area contributed by atoms with Gasteiger partial charge in [-0.15, -0.1) is 0 Å². The Morgan fingerprint density at radius 1 is 1.00 bits per heavy atom. The number of aromatic nitrogens is 2. The molecule has 4 rings (SSSR count). The summed E-state index contributed by atoms with van der Waals surface area (Å²) in [6.45, 7) is 0. The molecule has 0 fully saturated rings. The Bertz CT molecular complexity index is 748. The summed E-state index contributed by atoms with van der Waals surface area (Å²) >= 11 is 1.78. The molecule has 0 amide bonds. The van der Waals surface area contributed by atoms with E-state index in [0.29, 0.717) is 0 Å². The van der Waals surface area contributed by atoms with E-state index < -0.39 is 0 Å². The zero-order valence-electron chi connectivity index (χ0n) is 8.92. The molecule has 0 saturated heterocycles. The maximum absolute atomic E-state index is 5.90. The van der Waals surface area contributed by atoms with Crippen LogP contribution in [0, 0.1) is 0 Å². The van der Waals surface area contributed by atoms with Gasteiger partial charge in [0.2, 0.25) is 0 Å². The summed E-state index contributed by atoms with van der Waals surface area (Å²) in [4.78, 5) is 2.47. The summed E-state index contributed by atoms with van der Waals surface area (Å²) in [5, 5.41) is 5.61. The fourth-order valence-electron chi connectivity index (χ4n) is 2.30. The zero-order valence-corrected chi connectivity index (χ0v) is 9.74. The predicted molar refractivity (Wildman–Crippen MR) is 70.4 cm³/mol. The van der Waals surface area contributed by atoms with E-state index >= 15 is 0 Å². The second-order valence-electron chi connectivity index (χ2n) is 4.04. The molecule has 2 radical (unpaired) electrons. The van der Waals surface area contributed by atoms with Gasteiger partial charge in [-0.3, -0.25) is 0 Å². The predicted octanol–water partition coefficient (Wildman–Crippen LogP) is 3.10. The van der Waals surface area contributed by atoms with E-state index in [1.54, 1.807) is 11.8 Å². The zero-order chi connectivity index (χ0) is 11.4. The summed E-state index contributed by atoms with van der Waals surface area (Å²) in [6.07, 6.45) is 0. The first-order valence-corrected chi connectivity index (χ1v) is 6.20. The van der Waals surface area contributed by atoms with Crippen molar-refractivity contribution in [2.24, 2.45) is 0 Å². The van der Waals surface area contributed by atoms with Gasteiger partial charge in [0.25, 0.3) is 7.98 Å². The van der Waals surface area contributed by atoms with Crippen LogP contribution in [0.25, 0.3) is 22.2 Å². The Morgan fingerprint density at radius 3 is 2.76 bits per heavy atom. The lowest BCUT2D eigenvalue weighted by atomic mass is 10.1. The SMILES string of the molecule is [B]n1nc2c3c(cccc31)Sc1ccccc1-2. The molecule has 0 unspecified atom stereocenters. The monoisotopic (exact) mass is 234 g/mol. The second-order valence-corrected chi connectivity index (χ2v) is 5.13. The van der Waals surface area contributed by atoms with E-state index in [1.165, 1.54) is 25.3 Å². The van der Waals surface area contributed by atoms with Crippen LogP contribution in [0.3, 0.4) is 0 Å². The highest BCUT2D eigenvalue weighted by atomic mass is 32.2. The van der Waals surface area contributed by atoms with Crippen molar-refractivity contribution >= 4 is 30.6 Å². The van der Waals surface area contributed by atoms with Crippen LogP contribution in [0.15, 0.2) is 52.3 Å². The van der Waals surface area contributed by atoms with Crippen LogP contribution in [0.5, 0.6) is 0 Å². The first-order chi connectivity index (χ1) is 8.34. The number of nitrogens with zero attached hydrogens (tertiary/aromatic N) is 2. The molecular weight excluding hydrogens is 227 g/mol. The molecule has 0 saturated carbocycles. The van der Waals surface area contributed by atoms with Crippen LogP contribution in [-0.2, 0) is 0 Å². The number of hydrogen-bond acceptors (Lipinski definition) is 2. The van der Waals surface area contributed by atoms with E-state index in [0.717, 1.165) is 11.2 Å². The van der Waals surface area contributed by atoms with Crippen LogP contribution in [0.2, 0.25) is 0 Å². The third-order valence-electron chi connectivity index (χ3n) is 3.06. The third-order valence-corrected chi connectivity index (χ3v) is 4.19. The molecule has 1 aliphatic rings. The molecule has 2 nitrogen and oxygen atoms in total. The van der Waals surface area contributed by atoms with Crippen LogP contribution in [0.1, 0.15) is 0 Å². The molecule has 0 aliphatic carbocycles. The van der Waals surface area contributed by atoms with Crippen molar-refractivity contribution in [1.82, 2.24) is 9.69 Å². The number of hydrogen-bond donors (Lipinski definition) is 0. The Morgan fingerprint density at radius 2 is 1.82 bits per heavy atom. The summed E-state index contributed by atoms with van der Waals surface area (Å²) in [6, 6.07) is 14.5. The molecule has 78 valence electrons. The maximum Gasteiger partial charge on any atom is 0.265 e. The first kappa shape index (κ1) is 9.36. The van der Waals surface area contributed by atoms with Gasteiger partial charge in [0.15, 0.2) is 0 Å². The normalized spacial score (nSPS) is 12.7. The molecule has 0 spiro atoms. The van der Waals surface area contributed by atoms with Crippen molar-refractivity contribution < 1.29 is 0 Å². The minimum absolute atomic E-state index is 0.986. The van der Waals surface area contributed by atoms with Gasteiger partial charge >= 0.3 is 0 Å². The summed E-state index contributed by atoms with van der Waals surface area (Å²) in [5.74, 6) is 0. The molecule has 1 aliphatic heterocycles. The lowest BCUT2D eigenvalue weighted by Crippen LogP contribution is -1.93. The Hall–Kier alpha value is -1.68. The Balaban J connectivity index is 2.22. The summed E-state index contributed by atoms with van der Waals surface area (Å²) in [5.41, 5.74) is 3.15. The van der Waals surface area contributed by atoms with E-state index in [4.69, 9.17) is 7.98 Å². The van der Waals surface area contributed by atoms with Crippen LogP contribution < -0.4 is 0 Å². The van der Waals surface area contributed by atoms with E-state index in [9.17, 15) is 0 Å². The Kier molecular flexibility index (Phi) is 1.75.